The molecule has 1 aromatic carbocycles. The Hall–Kier alpha value is -2.52. The van der Waals surface area contributed by atoms with Gasteiger partial charge in [-0.3, -0.25) is 4.79 Å². The molecule has 1 saturated carbocycles. The van der Waals surface area contributed by atoms with Crippen molar-refractivity contribution in [3.8, 4) is 11.8 Å². The average molecular weight is 427 g/mol. The summed E-state index contributed by atoms with van der Waals surface area (Å²) in [6.07, 6.45) is 3.47. The second-order valence-electron chi connectivity index (χ2n) is 8.86. The largest absolute Gasteiger partial charge is 0.453 e. The minimum atomic E-state index is -0.961. The van der Waals surface area contributed by atoms with Crippen molar-refractivity contribution in [3.63, 3.8) is 0 Å². The lowest BCUT2D eigenvalue weighted by atomic mass is 9.72. The van der Waals surface area contributed by atoms with E-state index in [0.717, 1.165) is 30.4 Å². The molecule has 0 unspecified atom stereocenters. The number of aryl methyl sites for hydroxylation is 1. The van der Waals surface area contributed by atoms with Crippen molar-refractivity contribution in [2.24, 2.45) is 17.6 Å². The van der Waals surface area contributed by atoms with Gasteiger partial charge in [-0.2, -0.15) is 0 Å². The van der Waals surface area contributed by atoms with Crippen LogP contribution in [0.5, 0.6) is 0 Å². The number of nitrogens with zero attached hydrogens (tertiary/aromatic N) is 1. The van der Waals surface area contributed by atoms with E-state index in [1.54, 1.807) is 4.90 Å². The Balaban J connectivity index is 1.97. The first-order chi connectivity index (χ1) is 14.8. The van der Waals surface area contributed by atoms with E-state index in [2.05, 4.69) is 11.8 Å². The highest BCUT2D eigenvalue weighted by Gasteiger charge is 2.54. The van der Waals surface area contributed by atoms with E-state index in [1.807, 2.05) is 45.0 Å². The molecule has 3 rings (SSSR count). The van der Waals surface area contributed by atoms with Crippen LogP contribution in [0.15, 0.2) is 24.3 Å². The summed E-state index contributed by atoms with van der Waals surface area (Å²) in [7, 11) is 1.40. The summed E-state index contributed by atoms with van der Waals surface area (Å²) < 4.78 is 11.2. The van der Waals surface area contributed by atoms with Gasteiger partial charge in [0.1, 0.15) is 6.04 Å². The minimum absolute atomic E-state index is 0.0174. The normalized spacial score (nSPS) is 26.8. The van der Waals surface area contributed by atoms with Crippen LogP contribution in [0, 0.1) is 30.6 Å². The molecule has 31 heavy (non-hydrogen) atoms. The zero-order chi connectivity index (χ0) is 22.6. The molecule has 5 atom stereocenters. The van der Waals surface area contributed by atoms with Crippen LogP contribution in [-0.4, -0.2) is 48.3 Å². The molecule has 1 aliphatic heterocycles. The number of likely N-dealkylation sites (tertiary alicyclic amines) is 1. The molecule has 168 valence electrons. The van der Waals surface area contributed by atoms with Crippen LogP contribution in [0.2, 0.25) is 0 Å². The third-order valence-corrected chi connectivity index (χ3v) is 6.85. The molecular formula is C25H34N2O4. The zero-order valence-corrected chi connectivity index (χ0v) is 19.0. The summed E-state index contributed by atoms with van der Waals surface area (Å²) in [4.78, 5) is 27.1. The van der Waals surface area contributed by atoms with Gasteiger partial charge in [0.15, 0.2) is 5.60 Å². The van der Waals surface area contributed by atoms with E-state index in [-0.39, 0.29) is 24.0 Å². The van der Waals surface area contributed by atoms with Crippen molar-refractivity contribution in [2.45, 2.75) is 70.6 Å². The molecule has 1 aliphatic carbocycles. The minimum Gasteiger partial charge on any atom is -0.453 e. The van der Waals surface area contributed by atoms with Crippen molar-refractivity contribution < 1.29 is 19.1 Å². The molecule has 1 aromatic rings. The van der Waals surface area contributed by atoms with Gasteiger partial charge in [-0.1, -0.05) is 38.3 Å². The highest BCUT2D eigenvalue weighted by molar-refractivity contribution is 5.77. The molecule has 0 bridgehead atoms. The predicted molar refractivity (Wildman–Crippen MR) is 119 cm³/mol. The van der Waals surface area contributed by atoms with E-state index < -0.39 is 17.6 Å². The summed E-state index contributed by atoms with van der Waals surface area (Å²) in [5.74, 6) is 6.14. The van der Waals surface area contributed by atoms with Gasteiger partial charge in [-0.15, -0.1) is 0 Å². The molecule has 1 saturated heterocycles. The second kappa shape index (κ2) is 9.74. The van der Waals surface area contributed by atoms with Gasteiger partial charge in [0.05, 0.1) is 7.11 Å². The maximum Gasteiger partial charge on any atom is 0.409 e. The van der Waals surface area contributed by atoms with Crippen LogP contribution in [0.1, 0.15) is 57.1 Å². The fraction of sp³-hybridized carbons (Fsp3) is 0.600. The predicted octanol–water partition coefficient (Wildman–Crippen LogP) is 3.64. The Morgan fingerprint density at radius 2 is 2.13 bits per heavy atom. The number of ether oxygens (including phenoxy) is 2. The Morgan fingerprint density at radius 1 is 1.35 bits per heavy atom. The van der Waals surface area contributed by atoms with E-state index in [9.17, 15) is 9.59 Å². The van der Waals surface area contributed by atoms with Gasteiger partial charge in [0.2, 0.25) is 0 Å². The lowest BCUT2D eigenvalue weighted by molar-refractivity contribution is -0.165. The Morgan fingerprint density at radius 3 is 2.81 bits per heavy atom. The summed E-state index contributed by atoms with van der Waals surface area (Å²) >= 11 is 0. The van der Waals surface area contributed by atoms with Gasteiger partial charge in [0.25, 0.3) is 0 Å². The molecule has 2 aliphatic rings. The average Bonchev–Trinajstić information content (AvgIpc) is 3.22. The molecule has 0 spiro atoms. The van der Waals surface area contributed by atoms with Gasteiger partial charge in [-0.05, 0) is 62.1 Å². The lowest BCUT2D eigenvalue weighted by Crippen LogP contribution is -2.54. The highest BCUT2D eigenvalue weighted by atomic mass is 16.6. The number of hydrogen-bond donors (Lipinski definition) is 1. The molecule has 2 N–H and O–H groups in total. The number of methoxy groups -OCH3 is 1. The van der Waals surface area contributed by atoms with E-state index in [1.165, 1.54) is 7.11 Å². The van der Waals surface area contributed by atoms with Crippen LogP contribution in [0.25, 0.3) is 0 Å². The number of carbonyl (C=O) groups excluding carboxylic acids is 2. The number of nitrogens with two attached hydrogens (primary N) is 1. The van der Waals surface area contributed by atoms with Gasteiger partial charge in [-0.25, -0.2) is 4.79 Å². The number of fused-ring (bicyclic) bond motifs is 1. The number of amides is 1. The van der Waals surface area contributed by atoms with Gasteiger partial charge < -0.3 is 20.1 Å². The summed E-state index contributed by atoms with van der Waals surface area (Å²) in [6.45, 7) is 6.56. The second-order valence-corrected chi connectivity index (χ2v) is 8.86. The Bertz CT molecular complexity index is 874. The number of benzene rings is 1. The Labute approximate surface area is 185 Å². The number of rotatable bonds is 4. The fourth-order valence-corrected chi connectivity index (χ4v) is 4.80. The van der Waals surface area contributed by atoms with E-state index >= 15 is 0 Å². The molecule has 6 heteroatoms. The Kier molecular flexibility index (Phi) is 7.27. The van der Waals surface area contributed by atoms with Crippen LogP contribution >= 0.6 is 0 Å². The van der Waals surface area contributed by atoms with Crippen LogP contribution in [0.3, 0.4) is 0 Å². The van der Waals surface area contributed by atoms with Crippen molar-refractivity contribution in [2.75, 3.05) is 13.7 Å². The summed E-state index contributed by atoms with van der Waals surface area (Å²) in [5.41, 5.74) is 7.24. The summed E-state index contributed by atoms with van der Waals surface area (Å²) in [6, 6.07) is 7.21. The quantitative estimate of drug-likeness (QED) is 0.587. The zero-order valence-electron chi connectivity index (χ0n) is 19.0. The monoisotopic (exact) mass is 426 g/mol. The lowest BCUT2D eigenvalue weighted by Gasteiger charge is -2.43. The van der Waals surface area contributed by atoms with E-state index in [4.69, 9.17) is 15.2 Å². The number of carbonyl (C=O) groups is 2. The van der Waals surface area contributed by atoms with Gasteiger partial charge in [0, 0.05) is 24.1 Å². The number of esters is 1. The molecular weight excluding hydrogens is 392 g/mol. The van der Waals surface area contributed by atoms with Crippen LogP contribution < -0.4 is 5.73 Å². The maximum absolute atomic E-state index is 13.0. The molecule has 1 amide bonds. The smallest absolute Gasteiger partial charge is 0.409 e. The molecule has 0 aromatic heterocycles. The SMILES string of the molecule is CC[C@@H](C)[C@H](N)C(=O)O[C@@]1(C#Cc2cccc(C)c2)CCC[C@@H]2[C@H]1CCN2C(=O)OC. The topological polar surface area (TPSA) is 81.9 Å². The highest BCUT2D eigenvalue weighted by Crippen LogP contribution is 2.45. The van der Waals surface area contributed by atoms with Crippen molar-refractivity contribution in [1.29, 1.82) is 0 Å². The fourth-order valence-electron chi connectivity index (χ4n) is 4.80. The molecule has 1 heterocycles. The first-order valence-corrected chi connectivity index (χ1v) is 11.2. The third-order valence-electron chi connectivity index (χ3n) is 6.85. The maximum atomic E-state index is 13.0. The first-order valence-electron chi connectivity index (χ1n) is 11.2. The van der Waals surface area contributed by atoms with Crippen molar-refractivity contribution in [3.05, 3.63) is 35.4 Å². The molecule has 6 nitrogen and oxygen atoms in total. The first kappa shape index (κ1) is 23.1. The molecule has 0 radical (unpaired) electrons. The van der Waals surface area contributed by atoms with Crippen molar-refractivity contribution in [1.82, 2.24) is 4.90 Å². The molecule has 2 fully saturated rings. The van der Waals surface area contributed by atoms with Gasteiger partial charge >= 0.3 is 12.1 Å². The summed E-state index contributed by atoms with van der Waals surface area (Å²) in [5, 5.41) is 0. The number of hydrogen-bond acceptors (Lipinski definition) is 5. The third kappa shape index (κ3) is 4.88. The van der Waals surface area contributed by atoms with Crippen molar-refractivity contribution >= 4 is 12.1 Å². The standard InChI is InChI=1S/C25H34N2O4/c1-5-18(3)22(26)23(28)31-25(14-11-19-9-6-8-17(2)16-19)13-7-10-21-20(25)12-15-27(21)24(29)30-4/h6,8-9,16,18,20-22H,5,7,10,12-13,15,26H2,1-4H3/t18-,20-,21-,22+,25-/m1/s1. The van der Waals surface area contributed by atoms with Crippen LogP contribution in [-0.2, 0) is 14.3 Å². The van der Waals surface area contributed by atoms with E-state index in [0.29, 0.717) is 19.4 Å². The van der Waals surface area contributed by atoms with Crippen LogP contribution in [0.4, 0.5) is 4.79 Å².